The highest BCUT2D eigenvalue weighted by atomic mass is 35.5. The number of ether oxygens (including phenoxy) is 1. The Hall–Kier alpha value is -1.65. The van der Waals surface area contributed by atoms with Crippen molar-refractivity contribution in [3.05, 3.63) is 47.2 Å². The molecule has 0 saturated heterocycles. The fourth-order valence-electron chi connectivity index (χ4n) is 1.49. The van der Waals surface area contributed by atoms with Crippen molar-refractivity contribution in [3.8, 4) is 11.8 Å². The van der Waals surface area contributed by atoms with E-state index in [2.05, 4.69) is 36.1 Å². The molecule has 0 aliphatic rings. The second kappa shape index (κ2) is 6.20. The standard InChI is InChI=1S/C15H18ClN3O/c1-15(2,3)19-10-11-8-17-14(18-9-11)20-13-6-4-5-12(16)7-13/h4-9,19H,10H2,1-3H3. The van der Waals surface area contributed by atoms with Gasteiger partial charge >= 0.3 is 6.01 Å². The van der Waals surface area contributed by atoms with Gasteiger partial charge in [0.1, 0.15) is 5.75 Å². The van der Waals surface area contributed by atoms with Crippen LogP contribution in [-0.4, -0.2) is 15.5 Å². The molecular formula is C15H18ClN3O. The predicted molar refractivity (Wildman–Crippen MR) is 80.2 cm³/mol. The van der Waals surface area contributed by atoms with E-state index < -0.39 is 0 Å². The van der Waals surface area contributed by atoms with Gasteiger partial charge in [-0.1, -0.05) is 17.7 Å². The van der Waals surface area contributed by atoms with Gasteiger partial charge in [-0.15, -0.1) is 0 Å². The third-order valence-electron chi connectivity index (χ3n) is 2.51. The van der Waals surface area contributed by atoms with Gasteiger partial charge in [-0.05, 0) is 39.0 Å². The van der Waals surface area contributed by atoms with Crippen LogP contribution in [-0.2, 0) is 6.54 Å². The summed E-state index contributed by atoms with van der Waals surface area (Å²) in [7, 11) is 0. The van der Waals surface area contributed by atoms with E-state index in [-0.39, 0.29) is 5.54 Å². The largest absolute Gasteiger partial charge is 0.424 e. The lowest BCUT2D eigenvalue weighted by molar-refractivity contribution is 0.420. The molecular weight excluding hydrogens is 274 g/mol. The van der Waals surface area contributed by atoms with Gasteiger partial charge in [-0.3, -0.25) is 0 Å². The number of hydrogen-bond donors (Lipinski definition) is 1. The third kappa shape index (κ3) is 4.79. The Bertz CT molecular complexity index is 564. The van der Waals surface area contributed by atoms with Crippen molar-refractivity contribution >= 4 is 11.6 Å². The maximum absolute atomic E-state index is 5.89. The number of nitrogens with zero attached hydrogens (tertiary/aromatic N) is 2. The van der Waals surface area contributed by atoms with Crippen molar-refractivity contribution in [3.63, 3.8) is 0 Å². The monoisotopic (exact) mass is 291 g/mol. The van der Waals surface area contributed by atoms with E-state index in [0.717, 1.165) is 12.1 Å². The normalized spacial score (nSPS) is 11.4. The van der Waals surface area contributed by atoms with Crippen molar-refractivity contribution in [2.45, 2.75) is 32.9 Å². The molecule has 0 fully saturated rings. The molecule has 1 aromatic heterocycles. The Morgan fingerprint density at radius 2 is 1.90 bits per heavy atom. The van der Waals surface area contributed by atoms with Crippen molar-refractivity contribution in [1.29, 1.82) is 0 Å². The number of rotatable bonds is 4. The zero-order valence-electron chi connectivity index (χ0n) is 11.9. The minimum absolute atomic E-state index is 0.0654. The fraction of sp³-hybridized carbons (Fsp3) is 0.333. The highest BCUT2D eigenvalue weighted by molar-refractivity contribution is 6.30. The SMILES string of the molecule is CC(C)(C)NCc1cnc(Oc2cccc(Cl)c2)nc1. The van der Waals surface area contributed by atoms with Gasteiger partial charge in [0.15, 0.2) is 0 Å². The molecule has 0 radical (unpaired) electrons. The molecule has 0 amide bonds. The summed E-state index contributed by atoms with van der Waals surface area (Å²) in [5.41, 5.74) is 1.08. The van der Waals surface area contributed by atoms with Crippen LogP contribution in [0.15, 0.2) is 36.7 Å². The zero-order valence-corrected chi connectivity index (χ0v) is 12.6. The minimum Gasteiger partial charge on any atom is -0.424 e. The van der Waals surface area contributed by atoms with Crippen LogP contribution in [0.3, 0.4) is 0 Å². The molecule has 1 heterocycles. The van der Waals surface area contributed by atoms with Crippen LogP contribution in [0.1, 0.15) is 26.3 Å². The van der Waals surface area contributed by atoms with E-state index in [1.54, 1.807) is 24.5 Å². The molecule has 1 aromatic carbocycles. The Labute approximate surface area is 124 Å². The lowest BCUT2D eigenvalue weighted by Crippen LogP contribution is -2.35. The number of hydrogen-bond acceptors (Lipinski definition) is 4. The first-order valence-electron chi connectivity index (χ1n) is 6.42. The van der Waals surface area contributed by atoms with Gasteiger partial charge in [-0.2, -0.15) is 0 Å². The molecule has 106 valence electrons. The zero-order chi connectivity index (χ0) is 14.6. The Morgan fingerprint density at radius 3 is 2.50 bits per heavy atom. The summed E-state index contributed by atoms with van der Waals surface area (Å²) in [4.78, 5) is 8.38. The maximum atomic E-state index is 5.89. The third-order valence-corrected chi connectivity index (χ3v) is 2.74. The number of nitrogens with one attached hydrogen (secondary N) is 1. The second-order valence-electron chi connectivity index (χ2n) is 5.54. The maximum Gasteiger partial charge on any atom is 0.321 e. The van der Waals surface area contributed by atoms with Crippen LogP contribution in [0, 0.1) is 0 Å². The van der Waals surface area contributed by atoms with Crippen LogP contribution in [0.25, 0.3) is 0 Å². The first-order valence-corrected chi connectivity index (χ1v) is 6.79. The van der Waals surface area contributed by atoms with Crippen molar-refractivity contribution < 1.29 is 4.74 Å². The summed E-state index contributed by atoms with van der Waals surface area (Å²) >= 11 is 5.89. The topological polar surface area (TPSA) is 47.0 Å². The molecule has 2 rings (SSSR count). The van der Waals surface area contributed by atoms with E-state index >= 15 is 0 Å². The Morgan fingerprint density at radius 1 is 1.20 bits per heavy atom. The first kappa shape index (κ1) is 14.8. The summed E-state index contributed by atoms with van der Waals surface area (Å²) in [6.07, 6.45) is 3.51. The molecule has 0 aliphatic carbocycles. The van der Waals surface area contributed by atoms with Gasteiger partial charge < -0.3 is 10.1 Å². The van der Waals surface area contributed by atoms with E-state index in [1.165, 1.54) is 0 Å². The minimum atomic E-state index is 0.0654. The van der Waals surface area contributed by atoms with Crippen LogP contribution in [0.2, 0.25) is 5.02 Å². The van der Waals surface area contributed by atoms with Gasteiger partial charge in [0.05, 0.1) is 0 Å². The number of halogens is 1. The average molecular weight is 292 g/mol. The number of benzene rings is 1. The number of aromatic nitrogens is 2. The van der Waals surface area contributed by atoms with E-state index in [4.69, 9.17) is 16.3 Å². The predicted octanol–water partition coefficient (Wildman–Crippen LogP) is 3.81. The lowest BCUT2D eigenvalue weighted by Gasteiger charge is -2.20. The van der Waals surface area contributed by atoms with Gasteiger partial charge in [0, 0.05) is 35.1 Å². The molecule has 0 spiro atoms. The molecule has 1 N–H and O–H groups in total. The molecule has 0 saturated carbocycles. The summed E-state index contributed by atoms with van der Waals surface area (Å²) in [5, 5.41) is 4.00. The quantitative estimate of drug-likeness (QED) is 0.930. The Kier molecular flexibility index (Phi) is 4.57. The van der Waals surface area contributed by atoms with Crippen LogP contribution in [0.4, 0.5) is 0 Å². The smallest absolute Gasteiger partial charge is 0.321 e. The molecule has 0 bridgehead atoms. The summed E-state index contributed by atoms with van der Waals surface area (Å²) in [5.74, 6) is 0.623. The molecule has 5 heteroatoms. The van der Waals surface area contributed by atoms with Crippen molar-refractivity contribution in [2.75, 3.05) is 0 Å². The van der Waals surface area contributed by atoms with Gasteiger partial charge in [-0.25, -0.2) is 9.97 Å². The molecule has 20 heavy (non-hydrogen) atoms. The van der Waals surface area contributed by atoms with Gasteiger partial charge in [0.25, 0.3) is 0 Å². The van der Waals surface area contributed by atoms with Gasteiger partial charge in [0.2, 0.25) is 0 Å². The van der Waals surface area contributed by atoms with Crippen molar-refractivity contribution in [2.24, 2.45) is 0 Å². The fourth-order valence-corrected chi connectivity index (χ4v) is 1.67. The summed E-state index contributed by atoms with van der Waals surface area (Å²) in [6, 6.07) is 7.45. The Balaban J connectivity index is 1.98. The lowest BCUT2D eigenvalue weighted by atomic mass is 10.1. The first-order chi connectivity index (χ1) is 9.42. The average Bonchev–Trinajstić information content (AvgIpc) is 2.37. The van der Waals surface area contributed by atoms with E-state index in [1.807, 2.05) is 12.1 Å². The molecule has 0 atom stereocenters. The van der Waals surface area contributed by atoms with Crippen LogP contribution in [0.5, 0.6) is 11.8 Å². The van der Waals surface area contributed by atoms with E-state index in [9.17, 15) is 0 Å². The summed E-state index contributed by atoms with van der Waals surface area (Å²) < 4.78 is 5.53. The molecule has 2 aromatic rings. The summed E-state index contributed by atoms with van der Waals surface area (Å²) in [6.45, 7) is 7.07. The molecule has 0 unspecified atom stereocenters. The molecule has 0 aliphatic heterocycles. The highest BCUT2D eigenvalue weighted by Crippen LogP contribution is 2.21. The van der Waals surface area contributed by atoms with Crippen molar-refractivity contribution in [1.82, 2.24) is 15.3 Å². The van der Waals surface area contributed by atoms with E-state index in [0.29, 0.717) is 16.8 Å². The molecule has 4 nitrogen and oxygen atoms in total. The van der Waals surface area contributed by atoms with Crippen LogP contribution >= 0.6 is 11.6 Å². The van der Waals surface area contributed by atoms with Crippen LogP contribution < -0.4 is 10.1 Å². The highest BCUT2D eigenvalue weighted by Gasteiger charge is 2.09. The second-order valence-corrected chi connectivity index (χ2v) is 5.97.